The monoisotopic (exact) mass is 317 g/mol. The number of amides is 2. The number of hydrogen-bond acceptors (Lipinski definition) is 2. The van der Waals surface area contributed by atoms with Crippen LogP contribution in [0.3, 0.4) is 0 Å². The lowest BCUT2D eigenvalue weighted by Crippen LogP contribution is -2.44. The Bertz CT molecular complexity index is 494. The van der Waals surface area contributed by atoms with Crippen LogP contribution in [0.5, 0.6) is 0 Å². The Balaban J connectivity index is 1.93. The summed E-state index contributed by atoms with van der Waals surface area (Å²) in [5.74, 6) is 0.729. The minimum Gasteiger partial charge on any atom is -0.336 e. The first-order chi connectivity index (χ1) is 11.0. The highest BCUT2D eigenvalue weighted by Gasteiger charge is 2.26. The van der Waals surface area contributed by atoms with Crippen molar-refractivity contribution >= 4 is 6.03 Å². The largest absolute Gasteiger partial charge is 0.336 e. The summed E-state index contributed by atoms with van der Waals surface area (Å²) < 4.78 is 0. The van der Waals surface area contributed by atoms with Crippen LogP contribution in [0.1, 0.15) is 43.9 Å². The number of urea groups is 1. The molecule has 0 saturated heterocycles. The minimum atomic E-state index is 0.0661. The van der Waals surface area contributed by atoms with Gasteiger partial charge in [-0.15, -0.1) is 0 Å². The highest BCUT2D eigenvalue weighted by Crippen LogP contribution is 2.29. The van der Waals surface area contributed by atoms with Crippen LogP contribution in [0.2, 0.25) is 0 Å². The fourth-order valence-electron chi connectivity index (χ4n) is 2.84. The maximum absolute atomic E-state index is 12.4. The number of nitrogens with one attached hydrogen (secondary N) is 1. The van der Waals surface area contributed by atoms with Crippen LogP contribution in [0.15, 0.2) is 24.3 Å². The van der Waals surface area contributed by atoms with Gasteiger partial charge in [0.15, 0.2) is 0 Å². The summed E-state index contributed by atoms with van der Waals surface area (Å²) in [5.41, 5.74) is 2.59. The topological polar surface area (TPSA) is 35.6 Å². The van der Waals surface area contributed by atoms with Gasteiger partial charge in [0, 0.05) is 19.6 Å². The summed E-state index contributed by atoms with van der Waals surface area (Å²) in [6.45, 7) is 6.53. The molecule has 4 heteroatoms. The van der Waals surface area contributed by atoms with E-state index in [9.17, 15) is 4.79 Å². The highest BCUT2D eigenvalue weighted by atomic mass is 16.2. The molecule has 1 aliphatic rings. The zero-order valence-electron chi connectivity index (χ0n) is 15.0. The number of rotatable bonds is 8. The van der Waals surface area contributed by atoms with Crippen molar-refractivity contribution in [3.8, 4) is 0 Å². The maximum atomic E-state index is 12.4. The van der Waals surface area contributed by atoms with E-state index < -0.39 is 0 Å². The van der Waals surface area contributed by atoms with Crippen molar-refractivity contribution in [1.29, 1.82) is 0 Å². The fraction of sp³-hybridized carbons (Fsp3) is 0.632. The van der Waals surface area contributed by atoms with Gasteiger partial charge >= 0.3 is 6.03 Å². The van der Waals surface area contributed by atoms with E-state index in [1.807, 2.05) is 4.90 Å². The van der Waals surface area contributed by atoms with Crippen LogP contribution in [0.4, 0.5) is 4.79 Å². The lowest BCUT2D eigenvalue weighted by atomic mass is 10.0. The van der Waals surface area contributed by atoms with E-state index in [1.54, 1.807) is 0 Å². The Labute approximate surface area is 140 Å². The van der Waals surface area contributed by atoms with Crippen molar-refractivity contribution in [1.82, 2.24) is 15.1 Å². The van der Waals surface area contributed by atoms with E-state index in [0.717, 1.165) is 25.4 Å². The lowest BCUT2D eigenvalue weighted by molar-refractivity contribution is 0.192. The van der Waals surface area contributed by atoms with Crippen molar-refractivity contribution in [2.24, 2.45) is 5.92 Å². The molecule has 1 aromatic carbocycles. The van der Waals surface area contributed by atoms with Crippen LogP contribution in [-0.2, 0) is 6.42 Å². The summed E-state index contributed by atoms with van der Waals surface area (Å²) >= 11 is 0. The molecule has 2 rings (SSSR count). The Kier molecular flexibility index (Phi) is 6.46. The lowest BCUT2D eigenvalue weighted by Gasteiger charge is -2.27. The summed E-state index contributed by atoms with van der Waals surface area (Å²) in [6, 6.07) is 8.98. The van der Waals surface area contributed by atoms with Gasteiger partial charge in [0.1, 0.15) is 0 Å². The van der Waals surface area contributed by atoms with Crippen molar-refractivity contribution in [3.05, 3.63) is 35.4 Å². The third-order valence-corrected chi connectivity index (χ3v) is 4.69. The van der Waals surface area contributed by atoms with Gasteiger partial charge in [0.2, 0.25) is 0 Å². The summed E-state index contributed by atoms with van der Waals surface area (Å²) in [4.78, 5) is 16.5. The number of carbonyl (C=O) groups is 1. The SMILES string of the molecule is CCc1ccc(C(CNC(=O)N(CC)CC2CC2)N(C)C)cc1. The number of likely N-dealkylation sites (N-methyl/N-ethyl adjacent to an activating group) is 1. The average molecular weight is 317 g/mol. The number of benzene rings is 1. The molecule has 0 radical (unpaired) electrons. The minimum absolute atomic E-state index is 0.0661. The third-order valence-electron chi connectivity index (χ3n) is 4.69. The Morgan fingerprint density at radius 2 is 1.87 bits per heavy atom. The van der Waals surface area contributed by atoms with Crippen LogP contribution in [-0.4, -0.2) is 49.6 Å². The fourth-order valence-corrected chi connectivity index (χ4v) is 2.84. The first-order valence-electron chi connectivity index (χ1n) is 8.83. The molecule has 0 aliphatic heterocycles. The zero-order chi connectivity index (χ0) is 16.8. The number of aryl methyl sites for hydroxylation is 1. The Morgan fingerprint density at radius 3 is 2.35 bits per heavy atom. The number of hydrogen-bond donors (Lipinski definition) is 1. The number of carbonyl (C=O) groups excluding carboxylic acids is 1. The normalized spacial score (nSPS) is 15.5. The zero-order valence-corrected chi connectivity index (χ0v) is 15.0. The average Bonchev–Trinajstić information content (AvgIpc) is 3.37. The molecule has 23 heavy (non-hydrogen) atoms. The van der Waals surface area contributed by atoms with Gasteiger partial charge < -0.3 is 15.1 Å². The van der Waals surface area contributed by atoms with Gasteiger partial charge in [-0.2, -0.15) is 0 Å². The van der Waals surface area contributed by atoms with E-state index >= 15 is 0 Å². The van der Waals surface area contributed by atoms with Crippen molar-refractivity contribution in [3.63, 3.8) is 0 Å². The van der Waals surface area contributed by atoms with E-state index in [2.05, 4.69) is 62.4 Å². The van der Waals surface area contributed by atoms with Gasteiger partial charge in [-0.3, -0.25) is 0 Å². The van der Waals surface area contributed by atoms with Crippen LogP contribution < -0.4 is 5.32 Å². The molecule has 0 bridgehead atoms. The van der Waals surface area contributed by atoms with Gasteiger partial charge in [0.25, 0.3) is 0 Å². The van der Waals surface area contributed by atoms with Gasteiger partial charge in [-0.25, -0.2) is 4.79 Å². The number of nitrogens with zero attached hydrogens (tertiary/aromatic N) is 2. The Morgan fingerprint density at radius 1 is 1.22 bits per heavy atom. The molecule has 0 heterocycles. The first-order valence-corrected chi connectivity index (χ1v) is 8.83. The van der Waals surface area contributed by atoms with Crippen molar-refractivity contribution in [2.45, 2.75) is 39.2 Å². The molecular formula is C19H31N3O. The second-order valence-electron chi connectivity index (χ2n) is 6.74. The summed E-state index contributed by atoms with van der Waals surface area (Å²) in [7, 11) is 4.12. The van der Waals surface area contributed by atoms with Crippen LogP contribution >= 0.6 is 0 Å². The molecule has 1 aromatic rings. The molecule has 4 nitrogen and oxygen atoms in total. The highest BCUT2D eigenvalue weighted by molar-refractivity contribution is 5.74. The standard InChI is InChI=1S/C19H31N3O/c1-5-15-9-11-17(12-10-15)18(21(3)4)13-20-19(23)22(6-2)14-16-7-8-16/h9-12,16,18H,5-8,13-14H2,1-4H3,(H,20,23). The van der Waals surface area contributed by atoms with Crippen LogP contribution in [0, 0.1) is 5.92 Å². The molecule has 1 N–H and O–H groups in total. The smallest absolute Gasteiger partial charge is 0.317 e. The summed E-state index contributed by atoms with van der Waals surface area (Å²) in [5, 5.41) is 3.12. The van der Waals surface area contributed by atoms with Gasteiger partial charge in [0.05, 0.1) is 6.04 Å². The molecule has 0 aromatic heterocycles. The van der Waals surface area contributed by atoms with Crippen LogP contribution in [0.25, 0.3) is 0 Å². The van der Waals surface area contributed by atoms with E-state index in [1.165, 1.54) is 24.0 Å². The van der Waals surface area contributed by atoms with Gasteiger partial charge in [-0.05, 0) is 57.3 Å². The molecule has 2 amide bonds. The predicted molar refractivity (Wildman–Crippen MR) is 95.6 cm³/mol. The third kappa shape index (κ3) is 5.24. The second kappa shape index (κ2) is 8.34. The van der Waals surface area contributed by atoms with E-state index in [0.29, 0.717) is 6.54 Å². The van der Waals surface area contributed by atoms with E-state index in [-0.39, 0.29) is 12.1 Å². The molecule has 1 saturated carbocycles. The van der Waals surface area contributed by atoms with Crippen molar-refractivity contribution < 1.29 is 4.79 Å². The molecule has 1 fully saturated rings. The maximum Gasteiger partial charge on any atom is 0.317 e. The molecule has 0 spiro atoms. The van der Waals surface area contributed by atoms with Crippen molar-refractivity contribution in [2.75, 3.05) is 33.7 Å². The van der Waals surface area contributed by atoms with E-state index in [4.69, 9.17) is 0 Å². The summed E-state index contributed by atoms with van der Waals surface area (Å²) in [6.07, 6.45) is 3.60. The molecular weight excluding hydrogens is 286 g/mol. The van der Waals surface area contributed by atoms with Gasteiger partial charge in [-0.1, -0.05) is 31.2 Å². The second-order valence-corrected chi connectivity index (χ2v) is 6.74. The molecule has 1 unspecified atom stereocenters. The quantitative estimate of drug-likeness (QED) is 0.798. The Hall–Kier alpha value is -1.55. The molecule has 1 aliphatic carbocycles. The predicted octanol–water partition coefficient (Wildman–Crippen LogP) is 3.29. The first kappa shape index (κ1) is 17.8. The molecule has 1 atom stereocenters. The molecule has 128 valence electrons.